The van der Waals surface area contributed by atoms with Crippen LogP contribution in [0.2, 0.25) is 0 Å². The first kappa shape index (κ1) is 20.4. The first-order chi connectivity index (χ1) is 12.6. The molecule has 1 aliphatic rings. The van der Waals surface area contributed by atoms with Gasteiger partial charge in [-0.05, 0) is 50.2 Å². The van der Waals surface area contributed by atoms with Gasteiger partial charge in [-0.3, -0.25) is 14.5 Å². The maximum Gasteiger partial charge on any atom is 0.253 e. The third-order valence-electron chi connectivity index (χ3n) is 5.00. The highest BCUT2D eigenvalue weighted by molar-refractivity contribution is 5.97. The topological polar surface area (TPSA) is 92.7 Å². The summed E-state index contributed by atoms with van der Waals surface area (Å²) in [4.78, 5) is 28.0. The number of carbonyl (C=O) groups is 2. The van der Waals surface area contributed by atoms with Crippen LogP contribution in [0.4, 0.5) is 0 Å². The second kappa shape index (κ2) is 10.9. The van der Waals surface area contributed by atoms with Gasteiger partial charge in [0.25, 0.3) is 5.91 Å². The average molecular weight is 361 g/mol. The van der Waals surface area contributed by atoms with Crippen LogP contribution < -0.4 is 11.5 Å². The zero-order chi connectivity index (χ0) is 18.8. The molecule has 0 spiro atoms. The Kier molecular flexibility index (Phi) is 8.58. The number of primary amides is 1. The molecule has 0 unspecified atom stereocenters. The smallest absolute Gasteiger partial charge is 0.253 e. The molecule has 6 heteroatoms. The van der Waals surface area contributed by atoms with Crippen LogP contribution in [-0.2, 0) is 0 Å². The molecule has 1 aromatic carbocycles. The Labute approximate surface area is 156 Å². The van der Waals surface area contributed by atoms with Crippen LogP contribution in [0.1, 0.15) is 59.2 Å². The molecule has 2 rings (SSSR count). The molecule has 144 valence electrons. The summed E-state index contributed by atoms with van der Waals surface area (Å²) in [6.45, 7) is 5.29. The molecule has 0 aromatic heterocycles. The van der Waals surface area contributed by atoms with Crippen LogP contribution in [0.3, 0.4) is 0 Å². The average Bonchev–Trinajstić information content (AvgIpc) is 2.67. The summed E-state index contributed by atoms with van der Waals surface area (Å²) in [5.74, 6) is -0.447. The van der Waals surface area contributed by atoms with E-state index in [1.165, 1.54) is 32.1 Å². The Bertz CT molecular complexity index is 566. The molecule has 0 bridgehead atoms. The van der Waals surface area contributed by atoms with Crippen molar-refractivity contribution in [2.24, 2.45) is 11.5 Å². The normalized spacial score (nSPS) is 15.2. The zero-order valence-electron chi connectivity index (χ0n) is 15.7. The van der Waals surface area contributed by atoms with Crippen molar-refractivity contribution in [2.45, 2.75) is 38.5 Å². The van der Waals surface area contributed by atoms with Crippen LogP contribution in [0.15, 0.2) is 24.3 Å². The molecule has 0 atom stereocenters. The summed E-state index contributed by atoms with van der Waals surface area (Å²) in [5.41, 5.74) is 11.8. The fourth-order valence-corrected chi connectivity index (χ4v) is 3.32. The van der Waals surface area contributed by atoms with E-state index in [2.05, 4.69) is 4.90 Å². The molecule has 1 aliphatic heterocycles. The number of piperazine rings is 1. The van der Waals surface area contributed by atoms with E-state index in [4.69, 9.17) is 11.5 Å². The molecule has 2 amide bonds. The summed E-state index contributed by atoms with van der Waals surface area (Å²) in [7, 11) is 0. The van der Waals surface area contributed by atoms with Crippen molar-refractivity contribution >= 4 is 11.8 Å². The van der Waals surface area contributed by atoms with Gasteiger partial charge in [-0.1, -0.05) is 25.7 Å². The van der Waals surface area contributed by atoms with Gasteiger partial charge in [-0.25, -0.2) is 0 Å². The number of hydrogen-bond acceptors (Lipinski definition) is 4. The quantitative estimate of drug-likeness (QED) is 0.623. The van der Waals surface area contributed by atoms with E-state index < -0.39 is 5.91 Å². The van der Waals surface area contributed by atoms with Crippen LogP contribution in [0, 0.1) is 0 Å². The lowest BCUT2D eigenvalue weighted by Crippen LogP contribution is -2.48. The van der Waals surface area contributed by atoms with Crippen molar-refractivity contribution < 1.29 is 9.59 Å². The molecule has 0 radical (unpaired) electrons. The van der Waals surface area contributed by atoms with Gasteiger partial charge in [0.2, 0.25) is 5.91 Å². The molecule has 1 heterocycles. The standard InChI is InChI=1S/C20H32N4O2/c21-11-5-3-1-2-4-6-12-23-13-15-24(16-14-23)20(26)18-9-7-17(8-10-18)19(22)25/h7-10H,1-6,11-16,21H2,(H2,22,25). The number of amides is 2. The summed E-state index contributed by atoms with van der Waals surface area (Å²) < 4.78 is 0. The highest BCUT2D eigenvalue weighted by atomic mass is 16.2. The fourth-order valence-electron chi connectivity index (χ4n) is 3.32. The van der Waals surface area contributed by atoms with Gasteiger partial charge < -0.3 is 16.4 Å². The molecule has 4 N–H and O–H groups in total. The van der Waals surface area contributed by atoms with E-state index in [0.29, 0.717) is 11.1 Å². The minimum Gasteiger partial charge on any atom is -0.366 e. The van der Waals surface area contributed by atoms with Gasteiger partial charge in [-0.15, -0.1) is 0 Å². The van der Waals surface area contributed by atoms with Crippen molar-refractivity contribution in [3.8, 4) is 0 Å². The van der Waals surface area contributed by atoms with Gasteiger partial charge in [0.15, 0.2) is 0 Å². The van der Waals surface area contributed by atoms with Crippen LogP contribution in [0.25, 0.3) is 0 Å². The van der Waals surface area contributed by atoms with Crippen LogP contribution >= 0.6 is 0 Å². The predicted molar refractivity (Wildman–Crippen MR) is 104 cm³/mol. The molecule has 1 saturated heterocycles. The van der Waals surface area contributed by atoms with Gasteiger partial charge in [0, 0.05) is 37.3 Å². The Hall–Kier alpha value is -1.92. The number of rotatable bonds is 10. The summed E-state index contributed by atoms with van der Waals surface area (Å²) in [6.07, 6.45) is 7.47. The van der Waals surface area contributed by atoms with Crippen molar-refractivity contribution in [3.63, 3.8) is 0 Å². The lowest BCUT2D eigenvalue weighted by molar-refractivity contribution is 0.0635. The molecule has 26 heavy (non-hydrogen) atoms. The Balaban J connectivity index is 1.66. The molecule has 0 aliphatic carbocycles. The van der Waals surface area contributed by atoms with Crippen LogP contribution in [0.5, 0.6) is 0 Å². The number of nitrogens with two attached hydrogens (primary N) is 2. The summed E-state index contributed by atoms with van der Waals surface area (Å²) in [6, 6.07) is 6.58. The molecule has 6 nitrogen and oxygen atoms in total. The lowest BCUT2D eigenvalue weighted by Gasteiger charge is -2.34. The van der Waals surface area contributed by atoms with E-state index in [1.807, 2.05) is 4.90 Å². The third kappa shape index (κ3) is 6.42. The van der Waals surface area contributed by atoms with E-state index >= 15 is 0 Å². The van der Waals surface area contributed by atoms with E-state index in [1.54, 1.807) is 24.3 Å². The number of benzene rings is 1. The predicted octanol–water partition coefficient (Wildman–Crippen LogP) is 1.84. The first-order valence-corrected chi connectivity index (χ1v) is 9.73. The molecule has 1 fully saturated rings. The van der Waals surface area contributed by atoms with Gasteiger partial charge in [0.1, 0.15) is 0 Å². The largest absolute Gasteiger partial charge is 0.366 e. The Morgan fingerprint density at radius 3 is 1.92 bits per heavy atom. The fraction of sp³-hybridized carbons (Fsp3) is 0.600. The maximum atomic E-state index is 12.6. The Morgan fingerprint density at radius 1 is 0.808 bits per heavy atom. The van der Waals surface area contributed by atoms with Gasteiger partial charge in [0.05, 0.1) is 0 Å². The second-order valence-corrected chi connectivity index (χ2v) is 6.99. The minimum atomic E-state index is -0.475. The van der Waals surface area contributed by atoms with Crippen molar-refractivity contribution in [1.29, 1.82) is 0 Å². The number of unbranched alkanes of at least 4 members (excludes halogenated alkanes) is 5. The molecular weight excluding hydrogens is 328 g/mol. The highest BCUT2D eigenvalue weighted by Crippen LogP contribution is 2.12. The monoisotopic (exact) mass is 360 g/mol. The van der Waals surface area contributed by atoms with Crippen molar-refractivity contribution in [1.82, 2.24) is 9.80 Å². The SMILES string of the molecule is NCCCCCCCCN1CCN(C(=O)c2ccc(C(N)=O)cc2)CC1. The van der Waals surface area contributed by atoms with E-state index in [-0.39, 0.29) is 5.91 Å². The maximum absolute atomic E-state index is 12.6. The summed E-state index contributed by atoms with van der Waals surface area (Å²) >= 11 is 0. The third-order valence-corrected chi connectivity index (χ3v) is 5.00. The lowest BCUT2D eigenvalue weighted by atomic mass is 10.1. The Morgan fingerprint density at radius 2 is 1.35 bits per heavy atom. The number of nitrogens with zero attached hydrogens (tertiary/aromatic N) is 2. The van der Waals surface area contributed by atoms with Gasteiger partial charge in [-0.2, -0.15) is 0 Å². The van der Waals surface area contributed by atoms with Gasteiger partial charge >= 0.3 is 0 Å². The number of carbonyl (C=O) groups excluding carboxylic acids is 2. The van der Waals surface area contributed by atoms with E-state index in [9.17, 15) is 9.59 Å². The number of hydrogen-bond donors (Lipinski definition) is 2. The minimum absolute atomic E-state index is 0.0283. The van der Waals surface area contributed by atoms with Crippen molar-refractivity contribution in [3.05, 3.63) is 35.4 Å². The van der Waals surface area contributed by atoms with Crippen molar-refractivity contribution in [2.75, 3.05) is 39.3 Å². The highest BCUT2D eigenvalue weighted by Gasteiger charge is 2.21. The van der Waals surface area contributed by atoms with Crippen LogP contribution in [-0.4, -0.2) is 60.9 Å². The van der Waals surface area contributed by atoms with E-state index in [0.717, 1.165) is 45.7 Å². The molecule has 1 aromatic rings. The first-order valence-electron chi connectivity index (χ1n) is 9.73. The molecular formula is C20H32N4O2. The zero-order valence-corrected chi connectivity index (χ0v) is 15.7. The molecule has 0 saturated carbocycles. The second-order valence-electron chi connectivity index (χ2n) is 6.99. The summed E-state index contributed by atoms with van der Waals surface area (Å²) in [5, 5.41) is 0.